The molecule has 3 rings (SSSR count). The van der Waals surface area contributed by atoms with Gasteiger partial charge in [-0.3, -0.25) is 19.1 Å². The minimum atomic E-state index is -0.957. The van der Waals surface area contributed by atoms with Gasteiger partial charge < -0.3 is 10.0 Å². The number of aromatic nitrogens is 3. The average Bonchev–Trinajstić information content (AvgIpc) is 3.04. The molecule has 8 heteroatoms. The van der Waals surface area contributed by atoms with Gasteiger partial charge in [0.05, 0.1) is 5.92 Å². The number of carboxylic acids is 1. The highest BCUT2D eigenvalue weighted by molar-refractivity contribution is 5.79. The van der Waals surface area contributed by atoms with Gasteiger partial charge >= 0.3 is 11.7 Å². The highest BCUT2D eigenvalue weighted by atomic mass is 16.4. The number of aliphatic carboxylic acids is 1. The Bertz CT molecular complexity index is 894. The standard InChI is InChI=1S/C18H20N4O4/c1-11-7-12(2)22(18(26)20-11)10-16(23)21-8-13(14(9-21)17(24)25)15-5-3-4-6-19-15/h3-7,13-14H,8-10H2,1-2H3,(H,24,25)/t13-,14-/m0/s1. The number of pyridine rings is 1. The molecule has 2 aromatic rings. The zero-order valence-electron chi connectivity index (χ0n) is 14.6. The van der Waals surface area contributed by atoms with Crippen molar-refractivity contribution in [2.75, 3.05) is 13.1 Å². The highest BCUT2D eigenvalue weighted by Crippen LogP contribution is 2.31. The van der Waals surface area contributed by atoms with Crippen molar-refractivity contribution in [2.24, 2.45) is 5.92 Å². The monoisotopic (exact) mass is 356 g/mol. The van der Waals surface area contributed by atoms with Crippen molar-refractivity contribution >= 4 is 11.9 Å². The SMILES string of the molecule is Cc1cc(C)n(CC(=O)N2C[C@H](C(=O)O)[C@@H](c3ccccn3)C2)c(=O)n1. The fraction of sp³-hybridized carbons (Fsp3) is 0.389. The summed E-state index contributed by atoms with van der Waals surface area (Å²) in [6, 6.07) is 7.06. The van der Waals surface area contributed by atoms with E-state index in [0.717, 1.165) is 0 Å². The largest absolute Gasteiger partial charge is 0.481 e. The average molecular weight is 356 g/mol. The third-order valence-corrected chi connectivity index (χ3v) is 4.70. The van der Waals surface area contributed by atoms with Crippen molar-refractivity contribution < 1.29 is 14.7 Å². The molecular weight excluding hydrogens is 336 g/mol. The van der Waals surface area contributed by atoms with Crippen LogP contribution in [0.1, 0.15) is 23.0 Å². The van der Waals surface area contributed by atoms with E-state index in [1.165, 1.54) is 9.47 Å². The number of aryl methyl sites for hydroxylation is 2. The van der Waals surface area contributed by atoms with Crippen molar-refractivity contribution in [2.45, 2.75) is 26.3 Å². The van der Waals surface area contributed by atoms with Gasteiger partial charge in [-0.1, -0.05) is 6.07 Å². The summed E-state index contributed by atoms with van der Waals surface area (Å²) in [5.41, 5.74) is 1.41. The molecule has 1 fully saturated rings. The van der Waals surface area contributed by atoms with Gasteiger partial charge in [0.2, 0.25) is 5.91 Å². The Morgan fingerprint density at radius 3 is 2.65 bits per heavy atom. The van der Waals surface area contributed by atoms with E-state index < -0.39 is 17.6 Å². The summed E-state index contributed by atoms with van der Waals surface area (Å²) in [6.45, 7) is 3.67. The Morgan fingerprint density at radius 1 is 1.27 bits per heavy atom. The van der Waals surface area contributed by atoms with E-state index >= 15 is 0 Å². The van der Waals surface area contributed by atoms with Gasteiger partial charge in [0.25, 0.3) is 0 Å². The molecule has 0 spiro atoms. The van der Waals surface area contributed by atoms with Crippen molar-refractivity contribution in [1.82, 2.24) is 19.4 Å². The Balaban J connectivity index is 1.81. The lowest BCUT2D eigenvalue weighted by atomic mass is 9.93. The van der Waals surface area contributed by atoms with Gasteiger partial charge in [-0.05, 0) is 32.0 Å². The predicted molar refractivity (Wildman–Crippen MR) is 92.7 cm³/mol. The molecule has 0 unspecified atom stereocenters. The first-order chi connectivity index (χ1) is 12.4. The highest BCUT2D eigenvalue weighted by Gasteiger charge is 2.41. The molecule has 136 valence electrons. The third kappa shape index (κ3) is 3.49. The van der Waals surface area contributed by atoms with E-state index in [1.54, 1.807) is 44.3 Å². The summed E-state index contributed by atoms with van der Waals surface area (Å²) in [5, 5.41) is 9.52. The van der Waals surface area contributed by atoms with Crippen LogP contribution in [-0.4, -0.2) is 49.5 Å². The molecule has 26 heavy (non-hydrogen) atoms. The van der Waals surface area contributed by atoms with Crippen LogP contribution in [0, 0.1) is 19.8 Å². The molecule has 1 N–H and O–H groups in total. The molecule has 8 nitrogen and oxygen atoms in total. The Morgan fingerprint density at radius 2 is 2.04 bits per heavy atom. The molecule has 3 heterocycles. The van der Waals surface area contributed by atoms with Crippen LogP contribution in [-0.2, 0) is 16.1 Å². The number of hydrogen-bond acceptors (Lipinski definition) is 5. The first-order valence-corrected chi connectivity index (χ1v) is 8.33. The van der Waals surface area contributed by atoms with Gasteiger partial charge in [-0.25, -0.2) is 4.79 Å². The molecule has 1 aliphatic rings. The quantitative estimate of drug-likeness (QED) is 0.859. The van der Waals surface area contributed by atoms with E-state index in [2.05, 4.69) is 9.97 Å². The molecule has 2 aromatic heterocycles. The van der Waals surface area contributed by atoms with Crippen LogP contribution in [0.3, 0.4) is 0 Å². The first-order valence-electron chi connectivity index (χ1n) is 8.33. The molecule has 0 bridgehead atoms. The number of likely N-dealkylation sites (tertiary alicyclic amines) is 1. The first kappa shape index (κ1) is 17.8. The van der Waals surface area contributed by atoms with E-state index in [1.807, 2.05) is 0 Å². The molecular formula is C18H20N4O4. The van der Waals surface area contributed by atoms with E-state index in [0.29, 0.717) is 17.1 Å². The lowest BCUT2D eigenvalue weighted by molar-refractivity contribution is -0.141. The van der Waals surface area contributed by atoms with Crippen LogP contribution in [0.5, 0.6) is 0 Å². The van der Waals surface area contributed by atoms with Crippen LogP contribution in [0.2, 0.25) is 0 Å². The van der Waals surface area contributed by atoms with Crippen LogP contribution in [0.4, 0.5) is 0 Å². The molecule has 0 saturated carbocycles. The van der Waals surface area contributed by atoms with Crippen LogP contribution in [0.25, 0.3) is 0 Å². The van der Waals surface area contributed by atoms with Crippen LogP contribution in [0.15, 0.2) is 35.3 Å². The fourth-order valence-electron chi connectivity index (χ4n) is 3.35. The second-order valence-electron chi connectivity index (χ2n) is 6.51. The maximum atomic E-state index is 12.7. The van der Waals surface area contributed by atoms with Crippen molar-refractivity contribution in [3.05, 3.63) is 58.0 Å². The zero-order chi connectivity index (χ0) is 18.8. The number of nitrogens with zero attached hydrogens (tertiary/aromatic N) is 4. The van der Waals surface area contributed by atoms with Gasteiger partial charge in [-0.2, -0.15) is 4.98 Å². The van der Waals surface area contributed by atoms with Gasteiger partial charge in [0, 0.05) is 42.3 Å². The van der Waals surface area contributed by atoms with E-state index in [9.17, 15) is 19.5 Å². The number of carbonyl (C=O) groups excluding carboxylic acids is 1. The topological polar surface area (TPSA) is 105 Å². The molecule has 0 radical (unpaired) electrons. The Hall–Kier alpha value is -3.03. The summed E-state index contributed by atoms with van der Waals surface area (Å²) in [6.07, 6.45) is 1.61. The van der Waals surface area contributed by atoms with Crippen LogP contribution >= 0.6 is 0 Å². The maximum absolute atomic E-state index is 12.7. The Labute approximate surface area is 150 Å². The van der Waals surface area contributed by atoms with Crippen LogP contribution < -0.4 is 5.69 Å². The second kappa shape index (κ2) is 7.07. The van der Waals surface area contributed by atoms with E-state index in [-0.39, 0.29) is 31.5 Å². The molecule has 0 aromatic carbocycles. The molecule has 1 aliphatic heterocycles. The Kier molecular flexibility index (Phi) is 4.83. The number of carbonyl (C=O) groups is 2. The van der Waals surface area contributed by atoms with Crippen molar-refractivity contribution in [3.63, 3.8) is 0 Å². The summed E-state index contributed by atoms with van der Waals surface area (Å²) < 4.78 is 1.30. The molecule has 0 aliphatic carbocycles. The number of hydrogen-bond donors (Lipinski definition) is 1. The molecule has 1 amide bonds. The maximum Gasteiger partial charge on any atom is 0.348 e. The fourth-order valence-corrected chi connectivity index (χ4v) is 3.35. The summed E-state index contributed by atoms with van der Waals surface area (Å²) in [4.78, 5) is 45.9. The normalized spacial score (nSPS) is 19.5. The summed E-state index contributed by atoms with van der Waals surface area (Å²) in [7, 11) is 0. The van der Waals surface area contributed by atoms with Gasteiger partial charge in [0.15, 0.2) is 0 Å². The van der Waals surface area contributed by atoms with Gasteiger partial charge in [0.1, 0.15) is 6.54 Å². The second-order valence-corrected chi connectivity index (χ2v) is 6.51. The number of amides is 1. The number of carboxylic acid groups (broad SMARTS) is 1. The third-order valence-electron chi connectivity index (χ3n) is 4.70. The predicted octanol–water partition coefficient (Wildman–Crippen LogP) is 0.582. The molecule has 2 atom stereocenters. The van der Waals surface area contributed by atoms with Gasteiger partial charge in [-0.15, -0.1) is 0 Å². The minimum Gasteiger partial charge on any atom is -0.481 e. The lowest BCUT2D eigenvalue weighted by Gasteiger charge is -2.18. The zero-order valence-corrected chi connectivity index (χ0v) is 14.6. The van der Waals surface area contributed by atoms with Crippen molar-refractivity contribution in [1.29, 1.82) is 0 Å². The van der Waals surface area contributed by atoms with Crippen molar-refractivity contribution in [3.8, 4) is 0 Å². The lowest BCUT2D eigenvalue weighted by Crippen LogP contribution is -2.37. The summed E-state index contributed by atoms with van der Waals surface area (Å²) in [5.74, 6) is -2.35. The van der Waals surface area contributed by atoms with E-state index in [4.69, 9.17) is 0 Å². The summed E-state index contributed by atoms with van der Waals surface area (Å²) >= 11 is 0. The minimum absolute atomic E-state index is 0.0997. The number of rotatable bonds is 4. The smallest absolute Gasteiger partial charge is 0.348 e. The molecule has 1 saturated heterocycles.